The molecule has 0 N–H and O–H groups in total. The molecule has 18 heavy (non-hydrogen) atoms. The number of halogens is 1. The molecule has 0 bridgehead atoms. The highest BCUT2D eigenvalue weighted by Gasteiger charge is 2.19. The Bertz CT molecular complexity index is 396. The van der Waals surface area contributed by atoms with Gasteiger partial charge in [-0.15, -0.1) is 0 Å². The summed E-state index contributed by atoms with van der Waals surface area (Å²) in [4.78, 5) is 10.4. The van der Waals surface area contributed by atoms with Crippen molar-refractivity contribution in [3.63, 3.8) is 0 Å². The van der Waals surface area contributed by atoms with E-state index in [1.165, 1.54) is 25.3 Å². The van der Waals surface area contributed by atoms with Crippen LogP contribution in [0.25, 0.3) is 0 Å². The summed E-state index contributed by atoms with van der Waals surface area (Å²) in [5.41, 5.74) is -0.146. The maximum atomic E-state index is 10.9. The van der Waals surface area contributed by atoms with E-state index >= 15 is 0 Å². The lowest BCUT2D eigenvalue weighted by atomic mass is 10.2. The number of hydrogen-bond acceptors (Lipinski definition) is 3. The Morgan fingerprint density at radius 2 is 2.00 bits per heavy atom. The lowest BCUT2D eigenvalue weighted by molar-refractivity contribution is -0.385. The van der Waals surface area contributed by atoms with Crippen LogP contribution in [-0.2, 0) is 0 Å². The van der Waals surface area contributed by atoms with Crippen LogP contribution in [0.1, 0.15) is 39.0 Å². The van der Waals surface area contributed by atoms with Gasteiger partial charge in [-0.05, 0) is 18.6 Å². The van der Waals surface area contributed by atoms with Gasteiger partial charge in [0.2, 0.25) is 0 Å². The maximum Gasteiger partial charge on any atom is 0.329 e. The minimum absolute atomic E-state index is 0.114. The number of nitro benzene ring substituents is 1. The molecule has 0 spiro atoms. The van der Waals surface area contributed by atoms with Gasteiger partial charge in [-0.2, -0.15) is 0 Å². The van der Waals surface area contributed by atoms with Gasteiger partial charge in [0.05, 0.1) is 11.5 Å². The van der Waals surface area contributed by atoms with Crippen molar-refractivity contribution in [2.75, 3.05) is 6.61 Å². The monoisotopic (exact) mass is 271 g/mol. The summed E-state index contributed by atoms with van der Waals surface area (Å²) in [5, 5.41) is 11.0. The van der Waals surface area contributed by atoms with E-state index in [2.05, 4.69) is 6.92 Å². The Labute approximate surface area is 112 Å². The number of ether oxygens (including phenoxy) is 1. The first-order valence-corrected chi connectivity index (χ1v) is 6.60. The maximum absolute atomic E-state index is 10.9. The molecule has 0 saturated carbocycles. The molecule has 0 amide bonds. The SMILES string of the molecule is CCCCCCCOc1cccc(Cl)c1[N+](=O)[O-]. The molecule has 0 aliphatic heterocycles. The van der Waals surface area contributed by atoms with Crippen LogP contribution in [-0.4, -0.2) is 11.5 Å². The smallest absolute Gasteiger partial charge is 0.329 e. The molecular formula is C13H18ClNO3. The third kappa shape index (κ3) is 4.53. The van der Waals surface area contributed by atoms with Crippen molar-refractivity contribution in [2.24, 2.45) is 0 Å². The van der Waals surface area contributed by atoms with Crippen LogP contribution >= 0.6 is 11.6 Å². The summed E-state index contributed by atoms with van der Waals surface area (Å²) in [6.07, 6.45) is 5.58. The zero-order valence-corrected chi connectivity index (χ0v) is 11.3. The molecule has 100 valence electrons. The molecule has 0 aliphatic rings. The normalized spacial score (nSPS) is 10.3. The Morgan fingerprint density at radius 1 is 1.28 bits per heavy atom. The highest BCUT2D eigenvalue weighted by atomic mass is 35.5. The molecule has 0 heterocycles. The van der Waals surface area contributed by atoms with Gasteiger partial charge in [0.25, 0.3) is 0 Å². The zero-order chi connectivity index (χ0) is 13.4. The second-order valence-corrected chi connectivity index (χ2v) is 4.51. The highest BCUT2D eigenvalue weighted by molar-refractivity contribution is 6.32. The van der Waals surface area contributed by atoms with Crippen molar-refractivity contribution in [1.82, 2.24) is 0 Å². The fourth-order valence-electron chi connectivity index (χ4n) is 1.68. The molecule has 1 rings (SSSR count). The van der Waals surface area contributed by atoms with Crippen LogP contribution in [0.5, 0.6) is 5.75 Å². The molecular weight excluding hydrogens is 254 g/mol. The van der Waals surface area contributed by atoms with Crippen molar-refractivity contribution >= 4 is 17.3 Å². The van der Waals surface area contributed by atoms with E-state index in [0.29, 0.717) is 6.61 Å². The topological polar surface area (TPSA) is 52.4 Å². The van der Waals surface area contributed by atoms with Crippen LogP contribution in [0.4, 0.5) is 5.69 Å². The third-order valence-corrected chi connectivity index (χ3v) is 2.94. The van der Waals surface area contributed by atoms with Crippen LogP contribution in [0.2, 0.25) is 5.02 Å². The Balaban J connectivity index is 2.47. The molecule has 1 aromatic rings. The average molecular weight is 272 g/mol. The number of unbranched alkanes of at least 4 members (excludes halogenated alkanes) is 4. The largest absolute Gasteiger partial charge is 0.487 e. The van der Waals surface area contributed by atoms with Crippen LogP contribution in [0, 0.1) is 10.1 Å². The van der Waals surface area contributed by atoms with Crippen molar-refractivity contribution in [3.8, 4) is 5.75 Å². The molecule has 0 unspecified atom stereocenters. The van der Waals surface area contributed by atoms with E-state index in [1.54, 1.807) is 12.1 Å². The molecule has 0 saturated heterocycles. The van der Waals surface area contributed by atoms with Crippen LogP contribution < -0.4 is 4.74 Å². The molecule has 1 aromatic carbocycles. The summed E-state index contributed by atoms with van der Waals surface area (Å²) in [7, 11) is 0. The van der Waals surface area contributed by atoms with E-state index in [0.717, 1.165) is 12.8 Å². The molecule has 0 radical (unpaired) electrons. The first-order valence-electron chi connectivity index (χ1n) is 6.22. The van der Waals surface area contributed by atoms with E-state index < -0.39 is 4.92 Å². The minimum Gasteiger partial charge on any atom is -0.487 e. The first kappa shape index (κ1) is 14.8. The molecule has 0 atom stereocenters. The van der Waals surface area contributed by atoms with Gasteiger partial charge in [-0.25, -0.2) is 0 Å². The predicted octanol–water partition coefficient (Wildman–Crippen LogP) is 4.60. The molecule has 4 nitrogen and oxygen atoms in total. The van der Waals surface area contributed by atoms with E-state index in [1.807, 2.05) is 0 Å². The molecule has 0 aliphatic carbocycles. The fraction of sp³-hybridized carbons (Fsp3) is 0.538. The van der Waals surface area contributed by atoms with Gasteiger partial charge in [-0.1, -0.05) is 50.3 Å². The lowest BCUT2D eigenvalue weighted by Gasteiger charge is -2.07. The van der Waals surface area contributed by atoms with E-state index in [4.69, 9.17) is 16.3 Å². The Kier molecular flexibility index (Phi) is 6.50. The minimum atomic E-state index is -0.505. The summed E-state index contributed by atoms with van der Waals surface area (Å²) in [6.45, 7) is 2.65. The van der Waals surface area contributed by atoms with E-state index in [9.17, 15) is 10.1 Å². The number of hydrogen-bond donors (Lipinski definition) is 0. The van der Waals surface area contributed by atoms with E-state index in [-0.39, 0.29) is 16.5 Å². The predicted molar refractivity (Wildman–Crippen MR) is 72.4 cm³/mol. The number of para-hydroxylation sites is 1. The summed E-state index contributed by atoms with van der Waals surface area (Å²) >= 11 is 5.78. The van der Waals surface area contributed by atoms with Crippen LogP contribution in [0.3, 0.4) is 0 Å². The number of nitro groups is 1. The lowest BCUT2D eigenvalue weighted by Crippen LogP contribution is -2.01. The van der Waals surface area contributed by atoms with Crippen molar-refractivity contribution in [1.29, 1.82) is 0 Å². The molecule has 0 fully saturated rings. The Hall–Kier alpha value is -1.29. The standard InChI is InChI=1S/C13H18ClNO3/c1-2-3-4-5-6-10-18-12-9-7-8-11(14)13(12)15(16)17/h7-9H,2-6,10H2,1H3. The van der Waals surface area contributed by atoms with Crippen molar-refractivity contribution < 1.29 is 9.66 Å². The number of nitrogens with zero attached hydrogens (tertiary/aromatic N) is 1. The summed E-state index contributed by atoms with van der Waals surface area (Å²) in [5.74, 6) is 0.253. The molecule has 0 aromatic heterocycles. The van der Waals surface area contributed by atoms with Gasteiger partial charge in [0.15, 0.2) is 5.75 Å². The quantitative estimate of drug-likeness (QED) is 0.394. The summed E-state index contributed by atoms with van der Waals surface area (Å²) < 4.78 is 5.43. The molecule has 5 heteroatoms. The average Bonchev–Trinajstić information content (AvgIpc) is 2.33. The highest BCUT2D eigenvalue weighted by Crippen LogP contribution is 2.34. The van der Waals surface area contributed by atoms with Crippen molar-refractivity contribution in [2.45, 2.75) is 39.0 Å². The third-order valence-electron chi connectivity index (χ3n) is 2.64. The van der Waals surface area contributed by atoms with Crippen LogP contribution in [0.15, 0.2) is 18.2 Å². The first-order chi connectivity index (χ1) is 8.66. The zero-order valence-electron chi connectivity index (χ0n) is 10.5. The number of benzene rings is 1. The fourth-order valence-corrected chi connectivity index (χ4v) is 1.91. The number of rotatable bonds is 8. The second kappa shape index (κ2) is 7.93. The van der Waals surface area contributed by atoms with Gasteiger partial charge in [-0.3, -0.25) is 10.1 Å². The Morgan fingerprint density at radius 3 is 2.67 bits per heavy atom. The van der Waals surface area contributed by atoms with Gasteiger partial charge >= 0.3 is 5.69 Å². The van der Waals surface area contributed by atoms with Gasteiger partial charge in [0.1, 0.15) is 5.02 Å². The van der Waals surface area contributed by atoms with Crippen molar-refractivity contribution in [3.05, 3.63) is 33.3 Å². The second-order valence-electron chi connectivity index (χ2n) is 4.11. The van der Waals surface area contributed by atoms with Gasteiger partial charge in [0, 0.05) is 0 Å². The van der Waals surface area contributed by atoms with Gasteiger partial charge < -0.3 is 4.74 Å². The summed E-state index contributed by atoms with van der Waals surface area (Å²) in [6, 6.07) is 4.73.